The van der Waals surface area contributed by atoms with E-state index in [2.05, 4.69) is 15.9 Å². The molecule has 0 atom stereocenters. The van der Waals surface area contributed by atoms with Gasteiger partial charge in [-0.15, -0.1) is 0 Å². The zero-order valence-corrected chi connectivity index (χ0v) is 8.13. The summed E-state index contributed by atoms with van der Waals surface area (Å²) < 4.78 is 5.34. The molecule has 0 aliphatic rings. The molecule has 0 fully saturated rings. The number of ether oxygens (including phenoxy) is 1. The molecule has 4 heteroatoms. The van der Waals surface area contributed by atoms with Crippen molar-refractivity contribution in [2.24, 2.45) is 0 Å². The van der Waals surface area contributed by atoms with Crippen molar-refractivity contribution in [3.63, 3.8) is 0 Å². The molecular formula is C8H9BrO3. The van der Waals surface area contributed by atoms with Gasteiger partial charge >= 0.3 is 0 Å². The van der Waals surface area contributed by atoms with Crippen molar-refractivity contribution in [1.29, 1.82) is 0 Å². The van der Waals surface area contributed by atoms with Gasteiger partial charge in [-0.25, -0.2) is 0 Å². The highest BCUT2D eigenvalue weighted by molar-refractivity contribution is 9.10. The second-order valence-corrected chi connectivity index (χ2v) is 3.04. The van der Waals surface area contributed by atoms with Gasteiger partial charge in [-0.1, -0.05) is 6.07 Å². The van der Waals surface area contributed by atoms with Gasteiger partial charge in [-0.3, -0.25) is 0 Å². The third-order valence-corrected chi connectivity index (χ3v) is 2.43. The lowest BCUT2D eigenvalue weighted by atomic mass is 10.2. The minimum atomic E-state index is -0.113. The monoisotopic (exact) mass is 232 g/mol. The van der Waals surface area contributed by atoms with Crippen LogP contribution in [0.3, 0.4) is 0 Å². The highest BCUT2D eigenvalue weighted by Gasteiger charge is 2.09. The number of aromatic hydroxyl groups is 1. The zero-order valence-electron chi connectivity index (χ0n) is 6.54. The summed E-state index contributed by atoms with van der Waals surface area (Å²) in [6, 6.07) is 3.29. The van der Waals surface area contributed by atoms with Crippen LogP contribution in [0.4, 0.5) is 0 Å². The second kappa shape index (κ2) is 3.78. The SMILES string of the molecule is COc1ccc(CO)c(Br)c1O. The summed E-state index contributed by atoms with van der Waals surface area (Å²) in [5, 5.41) is 18.3. The predicted molar refractivity (Wildman–Crippen MR) is 48.3 cm³/mol. The van der Waals surface area contributed by atoms with E-state index in [0.29, 0.717) is 15.8 Å². The third kappa shape index (κ3) is 1.54. The van der Waals surface area contributed by atoms with Crippen LogP contribution < -0.4 is 4.74 Å². The number of methoxy groups -OCH3 is 1. The summed E-state index contributed by atoms with van der Waals surface area (Å²) in [4.78, 5) is 0. The van der Waals surface area contributed by atoms with Gasteiger partial charge in [-0.05, 0) is 27.6 Å². The minimum absolute atomic E-state index is 0.0176. The molecule has 1 aromatic carbocycles. The van der Waals surface area contributed by atoms with Crippen LogP contribution in [-0.2, 0) is 6.61 Å². The van der Waals surface area contributed by atoms with Gasteiger partial charge in [-0.2, -0.15) is 0 Å². The van der Waals surface area contributed by atoms with Crippen LogP contribution in [0, 0.1) is 0 Å². The largest absolute Gasteiger partial charge is 0.503 e. The Morgan fingerprint density at radius 3 is 2.67 bits per heavy atom. The molecule has 1 rings (SSSR count). The van der Waals surface area contributed by atoms with E-state index in [0.717, 1.165) is 0 Å². The van der Waals surface area contributed by atoms with Crippen molar-refractivity contribution in [1.82, 2.24) is 0 Å². The summed E-state index contributed by atoms with van der Waals surface area (Å²) in [5.41, 5.74) is 0.633. The van der Waals surface area contributed by atoms with E-state index in [-0.39, 0.29) is 12.4 Å². The number of aliphatic hydroxyl groups excluding tert-OH is 1. The molecule has 2 N–H and O–H groups in total. The lowest BCUT2D eigenvalue weighted by molar-refractivity contribution is 0.279. The maximum Gasteiger partial charge on any atom is 0.172 e. The van der Waals surface area contributed by atoms with E-state index >= 15 is 0 Å². The standard InChI is InChI=1S/C8H9BrO3/c1-12-6-3-2-5(4-10)7(9)8(6)11/h2-3,10-11H,4H2,1H3. The van der Waals surface area contributed by atoms with Crippen molar-refractivity contribution >= 4 is 15.9 Å². The average Bonchev–Trinajstić information content (AvgIpc) is 2.10. The predicted octanol–water partition coefficient (Wildman–Crippen LogP) is 1.66. The molecule has 0 heterocycles. The molecule has 3 nitrogen and oxygen atoms in total. The number of halogens is 1. The third-order valence-electron chi connectivity index (χ3n) is 1.55. The highest BCUT2D eigenvalue weighted by atomic mass is 79.9. The second-order valence-electron chi connectivity index (χ2n) is 2.25. The Kier molecular flexibility index (Phi) is 2.94. The Bertz CT molecular complexity index is 257. The Morgan fingerprint density at radius 2 is 2.17 bits per heavy atom. The molecule has 0 aliphatic heterocycles. The molecular weight excluding hydrogens is 224 g/mol. The van der Waals surface area contributed by atoms with Crippen molar-refractivity contribution in [3.05, 3.63) is 22.2 Å². The van der Waals surface area contributed by atoms with E-state index in [1.165, 1.54) is 7.11 Å². The molecule has 0 amide bonds. The number of hydrogen-bond donors (Lipinski definition) is 2. The van der Waals surface area contributed by atoms with Crippen molar-refractivity contribution in [2.75, 3.05) is 7.11 Å². The normalized spacial score (nSPS) is 9.92. The van der Waals surface area contributed by atoms with Crippen LogP contribution in [0.5, 0.6) is 11.5 Å². The number of aliphatic hydroxyl groups is 1. The van der Waals surface area contributed by atoms with Crippen LogP contribution in [0.15, 0.2) is 16.6 Å². The molecule has 0 radical (unpaired) electrons. The van der Waals surface area contributed by atoms with Gasteiger partial charge in [0.2, 0.25) is 0 Å². The summed E-state index contributed by atoms with van der Waals surface area (Å²) in [6.07, 6.45) is 0. The number of hydrogen-bond acceptors (Lipinski definition) is 3. The number of rotatable bonds is 2. The van der Waals surface area contributed by atoms with Gasteiger partial charge in [0.15, 0.2) is 11.5 Å². The Labute approximate surface area is 78.7 Å². The summed E-state index contributed by atoms with van der Waals surface area (Å²) >= 11 is 3.14. The van der Waals surface area contributed by atoms with Gasteiger partial charge in [0, 0.05) is 0 Å². The van der Waals surface area contributed by atoms with E-state index in [1.807, 2.05) is 0 Å². The topological polar surface area (TPSA) is 49.7 Å². The number of benzene rings is 1. The smallest absolute Gasteiger partial charge is 0.172 e. The Balaban J connectivity index is 3.20. The molecule has 1 aromatic rings. The number of phenolic OH excluding ortho intramolecular Hbond substituents is 1. The van der Waals surface area contributed by atoms with E-state index in [4.69, 9.17) is 9.84 Å². The molecule has 0 spiro atoms. The van der Waals surface area contributed by atoms with E-state index in [9.17, 15) is 5.11 Å². The summed E-state index contributed by atoms with van der Waals surface area (Å²) in [5.74, 6) is 0.406. The lowest BCUT2D eigenvalue weighted by Crippen LogP contribution is -1.89. The first-order valence-electron chi connectivity index (χ1n) is 3.36. The Hall–Kier alpha value is -0.740. The van der Waals surface area contributed by atoms with Gasteiger partial charge in [0.1, 0.15) is 0 Å². The average molecular weight is 233 g/mol. The maximum absolute atomic E-state index is 9.43. The molecule has 0 saturated carbocycles. The first-order valence-corrected chi connectivity index (χ1v) is 4.15. The lowest BCUT2D eigenvalue weighted by Gasteiger charge is -2.07. The first-order chi connectivity index (χ1) is 5.70. The van der Waals surface area contributed by atoms with Crippen LogP contribution in [0.1, 0.15) is 5.56 Å². The van der Waals surface area contributed by atoms with E-state index in [1.54, 1.807) is 12.1 Å². The molecule has 66 valence electrons. The fourth-order valence-corrected chi connectivity index (χ4v) is 1.33. The van der Waals surface area contributed by atoms with Crippen molar-refractivity contribution < 1.29 is 14.9 Å². The van der Waals surface area contributed by atoms with Crippen LogP contribution in [0.2, 0.25) is 0 Å². The van der Waals surface area contributed by atoms with E-state index < -0.39 is 0 Å². The first kappa shape index (κ1) is 9.35. The highest BCUT2D eigenvalue weighted by Crippen LogP contribution is 2.36. The minimum Gasteiger partial charge on any atom is -0.503 e. The van der Waals surface area contributed by atoms with Gasteiger partial charge < -0.3 is 14.9 Å². The Morgan fingerprint density at radius 1 is 1.50 bits per heavy atom. The molecule has 0 saturated heterocycles. The molecule has 0 aromatic heterocycles. The number of phenols is 1. The van der Waals surface area contributed by atoms with Crippen LogP contribution in [-0.4, -0.2) is 17.3 Å². The van der Waals surface area contributed by atoms with Crippen LogP contribution in [0.25, 0.3) is 0 Å². The van der Waals surface area contributed by atoms with Gasteiger partial charge in [0.25, 0.3) is 0 Å². The molecule has 0 bridgehead atoms. The van der Waals surface area contributed by atoms with Crippen LogP contribution >= 0.6 is 15.9 Å². The molecule has 0 unspecified atom stereocenters. The molecule has 0 aliphatic carbocycles. The molecule has 12 heavy (non-hydrogen) atoms. The quantitative estimate of drug-likeness (QED) is 0.816. The maximum atomic E-state index is 9.43. The van der Waals surface area contributed by atoms with Crippen molar-refractivity contribution in [2.45, 2.75) is 6.61 Å². The zero-order chi connectivity index (χ0) is 9.14. The summed E-state index contributed by atoms with van der Waals surface area (Å²) in [7, 11) is 1.47. The summed E-state index contributed by atoms with van der Waals surface area (Å²) in [6.45, 7) is -0.113. The van der Waals surface area contributed by atoms with Gasteiger partial charge in [0.05, 0.1) is 18.2 Å². The fourth-order valence-electron chi connectivity index (χ4n) is 0.875. The van der Waals surface area contributed by atoms with Crippen molar-refractivity contribution in [3.8, 4) is 11.5 Å². The fraction of sp³-hybridized carbons (Fsp3) is 0.250.